The lowest BCUT2D eigenvalue weighted by Gasteiger charge is -2.16. The molecule has 1 aliphatic heterocycles. The van der Waals surface area contributed by atoms with Crippen molar-refractivity contribution in [2.75, 3.05) is 29.0 Å². The van der Waals surface area contributed by atoms with Gasteiger partial charge in [0.2, 0.25) is 5.95 Å². The van der Waals surface area contributed by atoms with Gasteiger partial charge in [-0.15, -0.1) is 0 Å². The molecule has 0 atom stereocenters. The number of urea groups is 1. The average Bonchev–Trinajstić information content (AvgIpc) is 3.31. The van der Waals surface area contributed by atoms with E-state index in [1.165, 1.54) is 11.1 Å². The molecule has 7 nitrogen and oxygen atoms in total. The lowest BCUT2D eigenvalue weighted by molar-refractivity contribution is 0.222. The van der Waals surface area contributed by atoms with Crippen LogP contribution in [0.2, 0.25) is 0 Å². The molecule has 158 valence electrons. The zero-order valence-electron chi connectivity index (χ0n) is 18.0. The number of nitrogens with one attached hydrogen (secondary N) is 3. The first-order chi connectivity index (χ1) is 15.1. The first-order valence-electron chi connectivity index (χ1n) is 10.6. The molecular weight excluding hydrogens is 387 g/mol. The van der Waals surface area contributed by atoms with Crippen molar-refractivity contribution in [2.24, 2.45) is 0 Å². The van der Waals surface area contributed by atoms with Crippen molar-refractivity contribution < 1.29 is 4.79 Å². The highest BCUT2D eigenvalue weighted by Gasteiger charge is 2.17. The third-order valence-electron chi connectivity index (χ3n) is 5.32. The van der Waals surface area contributed by atoms with Crippen molar-refractivity contribution in [1.82, 2.24) is 14.9 Å². The van der Waals surface area contributed by atoms with Crippen molar-refractivity contribution >= 4 is 42.5 Å². The fourth-order valence-electron chi connectivity index (χ4n) is 3.50. The zero-order valence-corrected chi connectivity index (χ0v) is 18.0. The van der Waals surface area contributed by atoms with E-state index in [1.807, 2.05) is 37.0 Å². The summed E-state index contributed by atoms with van der Waals surface area (Å²) in [6.45, 7) is 4.41. The Balaban J connectivity index is 1.41. The summed E-state index contributed by atoms with van der Waals surface area (Å²) in [6.07, 6.45) is 3.94. The molecule has 8 heteroatoms. The van der Waals surface area contributed by atoms with Crippen LogP contribution in [0.4, 0.5) is 27.9 Å². The first-order valence-corrected chi connectivity index (χ1v) is 10.6. The van der Waals surface area contributed by atoms with Crippen LogP contribution in [0.3, 0.4) is 0 Å². The van der Waals surface area contributed by atoms with Crippen LogP contribution in [0.5, 0.6) is 0 Å². The van der Waals surface area contributed by atoms with Gasteiger partial charge < -0.3 is 20.9 Å². The van der Waals surface area contributed by atoms with Crippen LogP contribution in [0.15, 0.2) is 54.7 Å². The van der Waals surface area contributed by atoms with Gasteiger partial charge in [-0.25, -0.2) is 9.78 Å². The smallest absolute Gasteiger partial charge is 0.321 e. The molecule has 4 rings (SSSR count). The molecule has 2 amide bonds. The Morgan fingerprint density at radius 2 is 1.84 bits per heavy atom. The fourth-order valence-corrected chi connectivity index (χ4v) is 3.50. The maximum atomic E-state index is 12.3. The summed E-state index contributed by atoms with van der Waals surface area (Å²) < 4.78 is 0. The molecule has 1 aromatic heterocycles. The molecule has 1 fully saturated rings. The minimum absolute atomic E-state index is 0.0520. The molecule has 0 bridgehead atoms. The SMILES string of the molecule is Bc1cnc(Nc2cccc(NC(=O)N3CCCC3)c2)nc1NCc1ccc(C)cc1. The van der Waals surface area contributed by atoms with Gasteiger partial charge in [0.15, 0.2) is 0 Å². The number of anilines is 4. The lowest BCUT2D eigenvalue weighted by atomic mass is 9.99. The highest BCUT2D eigenvalue weighted by molar-refractivity contribution is 6.35. The van der Waals surface area contributed by atoms with Gasteiger partial charge >= 0.3 is 6.03 Å². The standard InChI is InChI=1S/C23H27BN6O/c1-16-7-9-17(10-8-16)14-25-21-20(24)15-26-22(29-21)27-18-5-4-6-19(13-18)28-23(31)30-11-2-3-12-30/h4-10,13,15H,2-3,11-12,14,24H2,1H3,(H,28,31)(H2,25,26,27,29). The molecule has 1 aliphatic rings. The molecule has 0 saturated carbocycles. The predicted molar refractivity (Wildman–Crippen MR) is 128 cm³/mol. The monoisotopic (exact) mass is 414 g/mol. The number of aromatic nitrogens is 2. The van der Waals surface area contributed by atoms with Gasteiger partial charge in [-0.05, 0) is 49.0 Å². The van der Waals surface area contributed by atoms with Crippen molar-refractivity contribution in [2.45, 2.75) is 26.3 Å². The van der Waals surface area contributed by atoms with Gasteiger partial charge in [0.1, 0.15) is 13.7 Å². The van der Waals surface area contributed by atoms with E-state index in [4.69, 9.17) is 0 Å². The van der Waals surface area contributed by atoms with Crippen LogP contribution < -0.4 is 21.4 Å². The Bertz CT molecular complexity index is 1050. The molecule has 0 spiro atoms. The summed E-state index contributed by atoms with van der Waals surface area (Å²) in [5, 5.41) is 9.59. The summed E-state index contributed by atoms with van der Waals surface area (Å²) in [5.41, 5.74) is 4.97. The van der Waals surface area contributed by atoms with E-state index in [0.29, 0.717) is 12.5 Å². The van der Waals surface area contributed by atoms with Crippen molar-refractivity contribution in [3.63, 3.8) is 0 Å². The van der Waals surface area contributed by atoms with E-state index in [-0.39, 0.29) is 6.03 Å². The molecule has 0 radical (unpaired) electrons. The van der Waals surface area contributed by atoms with E-state index in [1.54, 1.807) is 6.20 Å². The van der Waals surface area contributed by atoms with E-state index in [9.17, 15) is 4.79 Å². The number of likely N-dealkylation sites (tertiary alicyclic amines) is 1. The Morgan fingerprint density at radius 3 is 2.61 bits per heavy atom. The van der Waals surface area contributed by atoms with Gasteiger partial charge in [0, 0.05) is 37.2 Å². The number of benzene rings is 2. The highest BCUT2D eigenvalue weighted by atomic mass is 16.2. The Kier molecular flexibility index (Phi) is 6.36. The largest absolute Gasteiger partial charge is 0.366 e. The summed E-state index contributed by atoms with van der Waals surface area (Å²) in [6, 6.07) is 16.0. The average molecular weight is 414 g/mol. The van der Waals surface area contributed by atoms with Crippen LogP contribution in [0.25, 0.3) is 0 Å². The van der Waals surface area contributed by atoms with Crippen LogP contribution >= 0.6 is 0 Å². The molecule has 2 aromatic carbocycles. The topological polar surface area (TPSA) is 82.2 Å². The number of nitrogens with zero attached hydrogens (tertiary/aromatic N) is 3. The van der Waals surface area contributed by atoms with Crippen molar-refractivity contribution in [1.29, 1.82) is 0 Å². The van der Waals surface area contributed by atoms with Gasteiger partial charge in [-0.3, -0.25) is 0 Å². The molecule has 31 heavy (non-hydrogen) atoms. The fraction of sp³-hybridized carbons (Fsp3) is 0.261. The minimum atomic E-state index is -0.0520. The van der Waals surface area contributed by atoms with Crippen LogP contribution in [0, 0.1) is 6.92 Å². The summed E-state index contributed by atoms with van der Waals surface area (Å²) in [5.74, 6) is 1.29. The van der Waals surface area contributed by atoms with Crippen molar-refractivity contribution in [3.05, 3.63) is 65.9 Å². The second-order valence-corrected chi connectivity index (χ2v) is 7.89. The van der Waals surface area contributed by atoms with Gasteiger partial charge in [0.05, 0.1) is 0 Å². The summed E-state index contributed by atoms with van der Waals surface area (Å²) in [4.78, 5) is 23.2. The van der Waals surface area contributed by atoms with Gasteiger partial charge in [-0.1, -0.05) is 35.9 Å². The van der Waals surface area contributed by atoms with E-state index in [0.717, 1.165) is 48.6 Å². The number of hydrogen-bond acceptors (Lipinski definition) is 5. The molecular formula is C23H27BN6O. The van der Waals surface area contributed by atoms with Gasteiger partial charge in [0.25, 0.3) is 0 Å². The van der Waals surface area contributed by atoms with Crippen molar-refractivity contribution in [3.8, 4) is 0 Å². The van der Waals surface area contributed by atoms with Crippen LogP contribution in [-0.2, 0) is 6.54 Å². The molecule has 3 N–H and O–H groups in total. The Labute approximate surface area is 183 Å². The zero-order chi connectivity index (χ0) is 21.6. The third-order valence-corrected chi connectivity index (χ3v) is 5.32. The Hall–Kier alpha value is -3.55. The van der Waals surface area contributed by atoms with Crippen LogP contribution in [0.1, 0.15) is 24.0 Å². The second-order valence-electron chi connectivity index (χ2n) is 7.89. The normalized spacial score (nSPS) is 13.1. The number of carbonyl (C=O) groups is 1. The molecule has 2 heterocycles. The number of rotatable bonds is 6. The third kappa shape index (κ3) is 5.54. The molecule has 0 unspecified atom stereocenters. The summed E-state index contributed by atoms with van der Waals surface area (Å²) in [7, 11) is 1.98. The number of hydrogen-bond donors (Lipinski definition) is 3. The molecule has 1 saturated heterocycles. The summed E-state index contributed by atoms with van der Waals surface area (Å²) >= 11 is 0. The minimum Gasteiger partial charge on any atom is -0.366 e. The maximum Gasteiger partial charge on any atom is 0.321 e. The second kappa shape index (κ2) is 9.51. The quantitative estimate of drug-likeness (QED) is 0.541. The number of carbonyl (C=O) groups excluding carboxylic acids is 1. The maximum absolute atomic E-state index is 12.3. The van der Waals surface area contributed by atoms with E-state index < -0.39 is 0 Å². The van der Waals surface area contributed by atoms with E-state index in [2.05, 4.69) is 57.1 Å². The first kappa shape index (κ1) is 20.7. The van der Waals surface area contributed by atoms with E-state index >= 15 is 0 Å². The number of amides is 2. The van der Waals surface area contributed by atoms with Crippen LogP contribution in [-0.4, -0.2) is 41.8 Å². The van der Waals surface area contributed by atoms with Gasteiger partial charge in [-0.2, -0.15) is 4.98 Å². The predicted octanol–water partition coefficient (Wildman–Crippen LogP) is 3.03. The lowest BCUT2D eigenvalue weighted by Crippen LogP contribution is -2.32. The Morgan fingerprint density at radius 1 is 1.10 bits per heavy atom. The molecule has 3 aromatic rings. The molecule has 0 aliphatic carbocycles. The number of aryl methyl sites for hydroxylation is 1. The highest BCUT2D eigenvalue weighted by Crippen LogP contribution is 2.20.